The molecule has 4 nitrogen and oxygen atoms in total. The van der Waals surface area contributed by atoms with Crippen LogP contribution >= 0.6 is 12.2 Å². The number of likely N-dealkylation sites (tertiary alicyclic amines) is 2. The number of hydrogen-bond donors (Lipinski definition) is 1. The van der Waals surface area contributed by atoms with E-state index in [0.717, 1.165) is 51.9 Å². The van der Waals surface area contributed by atoms with Crippen molar-refractivity contribution in [1.82, 2.24) is 9.80 Å². The summed E-state index contributed by atoms with van der Waals surface area (Å²) in [6, 6.07) is 0.221. The van der Waals surface area contributed by atoms with E-state index in [2.05, 4.69) is 0 Å². The van der Waals surface area contributed by atoms with Crippen LogP contribution in [-0.2, 0) is 0 Å². The van der Waals surface area contributed by atoms with Gasteiger partial charge in [-0.2, -0.15) is 0 Å². The summed E-state index contributed by atoms with van der Waals surface area (Å²) in [6.07, 6.45) is 6.66. The van der Waals surface area contributed by atoms with Crippen LogP contribution in [0.4, 0.5) is 4.79 Å². The van der Waals surface area contributed by atoms with Crippen LogP contribution in [0, 0.1) is 5.92 Å². The first kappa shape index (κ1) is 13.6. The minimum absolute atomic E-state index is 0.221. The second kappa shape index (κ2) is 6.36. The Morgan fingerprint density at radius 2 is 1.44 bits per heavy atom. The van der Waals surface area contributed by atoms with Crippen LogP contribution < -0.4 is 5.73 Å². The Kier molecular flexibility index (Phi) is 4.80. The van der Waals surface area contributed by atoms with Gasteiger partial charge < -0.3 is 15.5 Å². The molecule has 18 heavy (non-hydrogen) atoms. The second-order valence-electron chi connectivity index (χ2n) is 5.35. The lowest BCUT2D eigenvalue weighted by Crippen LogP contribution is -2.48. The Morgan fingerprint density at radius 1 is 0.944 bits per heavy atom. The molecule has 0 aliphatic carbocycles. The van der Waals surface area contributed by atoms with Crippen LogP contribution in [0.15, 0.2) is 0 Å². The second-order valence-corrected chi connectivity index (χ2v) is 5.82. The van der Waals surface area contributed by atoms with E-state index in [9.17, 15) is 4.79 Å². The normalized spacial score (nSPS) is 22.7. The minimum atomic E-state index is 0.221. The highest BCUT2D eigenvalue weighted by Crippen LogP contribution is 2.20. The van der Waals surface area contributed by atoms with Gasteiger partial charge in [0.2, 0.25) is 0 Å². The fraction of sp³-hybridized carbons (Fsp3) is 0.846. The third-order valence-electron chi connectivity index (χ3n) is 4.04. The van der Waals surface area contributed by atoms with Crippen molar-refractivity contribution in [2.24, 2.45) is 11.7 Å². The highest BCUT2D eigenvalue weighted by molar-refractivity contribution is 7.80. The SMILES string of the molecule is NC(=S)C1CCN(C(=O)N2CCCCCC2)CC1. The minimum Gasteiger partial charge on any atom is -0.393 e. The molecule has 2 saturated heterocycles. The first-order valence-corrected chi connectivity index (χ1v) is 7.42. The van der Waals surface area contributed by atoms with Gasteiger partial charge in [0.1, 0.15) is 0 Å². The highest BCUT2D eigenvalue weighted by atomic mass is 32.1. The molecule has 0 aromatic carbocycles. The maximum Gasteiger partial charge on any atom is 0.319 e. The Morgan fingerprint density at radius 3 is 1.94 bits per heavy atom. The molecule has 0 saturated carbocycles. The van der Waals surface area contributed by atoms with Gasteiger partial charge in [0.05, 0.1) is 4.99 Å². The lowest BCUT2D eigenvalue weighted by molar-refractivity contribution is 0.140. The van der Waals surface area contributed by atoms with E-state index in [0.29, 0.717) is 10.9 Å². The number of thiocarbonyl (C=S) groups is 1. The molecule has 0 radical (unpaired) electrons. The lowest BCUT2D eigenvalue weighted by atomic mass is 9.97. The van der Waals surface area contributed by atoms with Gasteiger partial charge in [-0.25, -0.2) is 4.79 Å². The van der Waals surface area contributed by atoms with E-state index in [4.69, 9.17) is 18.0 Å². The zero-order chi connectivity index (χ0) is 13.0. The summed E-state index contributed by atoms with van der Waals surface area (Å²) in [5, 5.41) is 0. The molecule has 2 amide bonds. The number of carbonyl (C=O) groups excluding carboxylic acids is 1. The molecule has 0 unspecified atom stereocenters. The molecule has 5 heteroatoms. The Hall–Kier alpha value is -0.840. The Bertz CT molecular complexity index is 305. The molecule has 102 valence electrons. The molecule has 0 atom stereocenters. The average molecular weight is 269 g/mol. The van der Waals surface area contributed by atoms with Crippen molar-refractivity contribution >= 4 is 23.2 Å². The first-order valence-electron chi connectivity index (χ1n) is 7.01. The van der Waals surface area contributed by atoms with Gasteiger partial charge in [0.15, 0.2) is 0 Å². The van der Waals surface area contributed by atoms with Gasteiger partial charge in [0, 0.05) is 32.1 Å². The molecule has 0 spiro atoms. The predicted octanol–water partition coefficient (Wildman–Crippen LogP) is 1.98. The van der Waals surface area contributed by atoms with Crippen LogP contribution in [0.1, 0.15) is 38.5 Å². The number of nitrogens with two attached hydrogens (primary N) is 1. The number of amides is 2. The molecule has 2 rings (SSSR count). The number of carbonyl (C=O) groups is 1. The Balaban J connectivity index is 1.84. The quantitative estimate of drug-likeness (QED) is 0.741. The van der Waals surface area contributed by atoms with Crippen molar-refractivity contribution in [2.75, 3.05) is 26.2 Å². The monoisotopic (exact) mass is 269 g/mol. The van der Waals surface area contributed by atoms with Crippen molar-refractivity contribution in [2.45, 2.75) is 38.5 Å². The highest BCUT2D eigenvalue weighted by Gasteiger charge is 2.27. The lowest BCUT2D eigenvalue weighted by Gasteiger charge is -2.35. The zero-order valence-corrected chi connectivity index (χ0v) is 11.8. The van der Waals surface area contributed by atoms with E-state index >= 15 is 0 Å². The summed E-state index contributed by atoms with van der Waals surface area (Å²) in [5.41, 5.74) is 5.67. The van der Waals surface area contributed by atoms with Crippen molar-refractivity contribution in [1.29, 1.82) is 0 Å². The van der Waals surface area contributed by atoms with E-state index in [-0.39, 0.29) is 6.03 Å². The topological polar surface area (TPSA) is 49.6 Å². The summed E-state index contributed by atoms with van der Waals surface area (Å²) in [6.45, 7) is 3.46. The summed E-state index contributed by atoms with van der Waals surface area (Å²) < 4.78 is 0. The van der Waals surface area contributed by atoms with Crippen LogP contribution in [0.5, 0.6) is 0 Å². The van der Waals surface area contributed by atoms with Gasteiger partial charge in [-0.3, -0.25) is 0 Å². The fourth-order valence-corrected chi connectivity index (χ4v) is 3.05. The average Bonchev–Trinajstić information content (AvgIpc) is 2.67. The smallest absolute Gasteiger partial charge is 0.319 e. The Labute approximate surface area is 114 Å². The molecule has 2 aliphatic heterocycles. The molecule has 2 fully saturated rings. The maximum absolute atomic E-state index is 12.4. The van der Waals surface area contributed by atoms with Crippen molar-refractivity contribution < 1.29 is 4.79 Å². The maximum atomic E-state index is 12.4. The predicted molar refractivity (Wildman–Crippen MR) is 76.5 cm³/mol. The van der Waals surface area contributed by atoms with Crippen LogP contribution in [-0.4, -0.2) is 47.0 Å². The summed E-state index contributed by atoms with van der Waals surface area (Å²) in [7, 11) is 0. The molecular formula is C13H23N3OS. The first-order chi connectivity index (χ1) is 8.68. The van der Waals surface area contributed by atoms with E-state index in [1.54, 1.807) is 0 Å². The van der Waals surface area contributed by atoms with Gasteiger partial charge >= 0.3 is 6.03 Å². The number of urea groups is 1. The number of hydrogen-bond acceptors (Lipinski definition) is 2. The van der Waals surface area contributed by atoms with Gasteiger partial charge in [0.25, 0.3) is 0 Å². The molecule has 0 bridgehead atoms. The summed E-state index contributed by atoms with van der Waals surface area (Å²) in [4.78, 5) is 17.0. The van der Waals surface area contributed by atoms with Crippen LogP contribution in [0.2, 0.25) is 0 Å². The summed E-state index contributed by atoms with van der Waals surface area (Å²) >= 11 is 5.03. The number of nitrogens with zero attached hydrogens (tertiary/aromatic N) is 2. The molecule has 2 N–H and O–H groups in total. The molecular weight excluding hydrogens is 246 g/mol. The van der Waals surface area contributed by atoms with E-state index in [1.165, 1.54) is 12.8 Å². The zero-order valence-electron chi connectivity index (χ0n) is 10.9. The molecule has 0 aromatic heterocycles. The molecule has 2 heterocycles. The molecule has 0 aromatic rings. The van der Waals surface area contributed by atoms with Crippen molar-refractivity contribution in [3.8, 4) is 0 Å². The number of piperidine rings is 1. The van der Waals surface area contributed by atoms with Crippen molar-refractivity contribution in [3.63, 3.8) is 0 Å². The standard InChI is InChI=1S/C13H23N3OS/c14-12(18)11-5-9-16(10-6-11)13(17)15-7-3-1-2-4-8-15/h11H,1-10H2,(H2,14,18). The number of rotatable bonds is 1. The molecule has 2 aliphatic rings. The van der Waals surface area contributed by atoms with Gasteiger partial charge in [-0.1, -0.05) is 25.1 Å². The van der Waals surface area contributed by atoms with Crippen LogP contribution in [0.3, 0.4) is 0 Å². The third kappa shape index (κ3) is 3.34. The van der Waals surface area contributed by atoms with Gasteiger partial charge in [-0.15, -0.1) is 0 Å². The largest absolute Gasteiger partial charge is 0.393 e. The van der Waals surface area contributed by atoms with Crippen molar-refractivity contribution in [3.05, 3.63) is 0 Å². The van der Waals surface area contributed by atoms with E-state index < -0.39 is 0 Å². The fourth-order valence-electron chi connectivity index (χ4n) is 2.82. The summed E-state index contributed by atoms with van der Waals surface area (Å²) in [5.74, 6) is 0.327. The van der Waals surface area contributed by atoms with E-state index in [1.807, 2.05) is 9.80 Å². The third-order valence-corrected chi connectivity index (χ3v) is 4.38. The van der Waals surface area contributed by atoms with Gasteiger partial charge in [-0.05, 0) is 25.7 Å². The van der Waals surface area contributed by atoms with Crippen LogP contribution in [0.25, 0.3) is 0 Å².